The van der Waals surface area contributed by atoms with Crippen molar-refractivity contribution in [3.05, 3.63) is 66.0 Å². The van der Waals surface area contributed by atoms with E-state index in [1.807, 2.05) is 37.3 Å². The number of carbonyl (C=O) groups is 1. The molecule has 3 heterocycles. The lowest BCUT2D eigenvalue weighted by Crippen LogP contribution is -2.24. The van der Waals surface area contributed by atoms with Crippen molar-refractivity contribution in [2.24, 2.45) is 0 Å². The molecule has 0 unspecified atom stereocenters. The largest absolute Gasteiger partial charge is 0.346 e. The van der Waals surface area contributed by atoms with Gasteiger partial charge in [-0.3, -0.25) is 9.89 Å². The molecule has 0 saturated carbocycles. The standard InChI is InChI=1S/C17H15N7O/c1-11-4-5-14-13(7-11)15(23-22-14)17(25)20-8-12-3-2-6-19-16(12)24-10-18-9-21-24/h2-7,9-10H,8H2,1H3,(H,20,25)(H,22,23). The summed E-state index contributed by atoms with van der Waals surface area (Å²) >= 11 is 0. The van der Waals surface area contributed by atoms with Gasteiger partial charge in [0.2, 0.25) is 0 Å². The molecule has 0 bridgehead atoms. The highest BCUT2D eigenvalue weighted by molar-refractivity contribution is 6.04. The zero-order valence-electron chi connectivity index (χ0n) is 13.5. The van der Waals surface area contributed by atoms with Crippen molar-refractivity contribution in [1.82, 2.24) is 35.3 Å². The number of rotatable bonds is 4. The Hall–Kier alpha value is -3.55. The molecule has 0 atom stereocenters. The van der Waals surface area contributed by atoms with Gasteiger partial charge in [0.15, 0.2) is 11.5 Å². The molecule has 8 nitrogen and oxygen atoms in total. The molecule has 0 fully saturated rings. The average molecular weight is 333 g/mol. The van der Waals surface area contributed by atoms with Gasteiger partial charge >= 0.3 is 0 Å². The first kappa shape index (κ1) is 15.0. The molecule has 1 aromatic carbocycles. The molecule has 3 aromatic heterocycles. The highest BCUT2D eigenvalue weighted by Crippen LogP contribution is 2.17. The van der Waals surface area contributed by atoms with Gasteiger partial charge in [0, 0.05) is 23.7 Å². The lowest BCUT2D eigenvalue weighted by molar-refractivity contribution is 0.0947. The number of pyridine rings is 1. The molecule has 0 aliphatic carbocycles. The van der Waals surface area contributed by atoms with E-state index in [4.69, 9.17) is 0 Å². The van der Waals surface area contributed by atoms with Gasteiger partial charge in [-0.15, -0.1) is 0 Å². The number of aromatic nitrogens is 6. The predicted octanol–water partition coefficient (Wildman–Crippen LogP) is 1.78. The minimum atomic E-state index is -0.245. The minimum Gasteiger partial charge on any atom is -0.346 e. The number of hydrogen-bond acceptors (Lipinski definition) is 5. The van der Waals surface area contributed by atoms with Gasteiger partial charge in [-0.05, 0) is 25.1 Å². The molecule has 25 heavy (non-hydrogen) atoms. The second kappa shape index (κ2) is 6.16. The van der Waals surface area contributed by atoms with Crippen LogP contribution in [0.2, 0.25) is 0 Å². The number of amides is 1. The number of carbonyl (C=O) groups excluding carboxylic acids is 1. The molecule has 0 radical (unpaired) electrons. The molecule has 1 amide bonds. The van der Waals surface area contributed by atoms with Gasteiger partial charge in [0.25, 0.3) is 5.91 Å². The number of H-pyrrole nitrogens is 1. The van der Waals surface area contributed by atoms with E-state index in [0.29, 0.717) is 18.1 Å². The lowest BCUT2D eigenvalue weighted by Gasteiger charge is -2.08. The molecule has 4 rings (SSSR count). The number of aryl methyl sites for hydroxylation is 1. The molecule has 0 aliphatic rings. The molecule has 0 spiro atoms. The van der Waals surface area contributed by atoms with Crippen molar-refractivity contribution in [3.63, 3.8) is 0 Å². The predicted molar refractivity (Wildman–Crippen MR) is 91.2 cm³/mol. The normalized spacial score (nSPS) is 10.9. The van der Waals surface area contributed by atoms with E-state index in [1.54, 1.807) is 17.2 Å². The van der Waals surface area contributed by atoms with Gasteiger partial charge in [0.05, 0.1) is 5.52 Å². The van der Waals surface area contributed by atoms with Crippen LogP contribution in [-0.2, 0) is 6.54 Å². The van der Waals surface area contributed by atoms with Crippen molar-refractivity contribution in [3.8, 4) is 5.82 Å². The molecule has 0 saturated heterocycles. The van der Waals surface area contributed by atoms with Crippen LogP contribution >= 0.6 is 0 Å². The summed E-state index contributed by atoms with van der Waals surface area (Å²) in [6.45, 7) is 2.29. The SMILES string of the molecule is Cc1ccc2[nH]nc(C(=O)NCc3cccnc3-n3cncn3)c2c1. The summed E-state index contributed by atoms with van der Waals surface area (Å²) in [5.74, 6) is 0.383. The fourth-order valence-electron chi connectivity index (χ4n) is 2.65. The van der Waals surface area contributed by atoms with E-state index < -0.39 is 0 Å². The highest BCUT2D eigenvalue weighted by atomic mass is 16.1. The number of hydrogen-bond donors (Lipinski definition) is 2. The number of nitrogens with zero attached hydrogens (tertiary/aromatic N) is 5. The van der Waals surface area contributed by atoms with E-state index in [9.17, 15) is 4.79 Å². The Bertz CT molecular complexity index is 1040. The molecular weight excluding hydrogens is 318 g/mol. The van der Waals surface area contributed by atoms with E-state index in [0.717, 1.165) is 22.0 Å². The van der Waals surface area contributed by atoms with E-state index in [-0.39, 0.29) is 5.91 Å². The Labute approximate surface area is 142 Å². The van der Waals surface area contributed by atoms with Crippen molar-refractivity contribution in [2.45, 2.75) is 13.5 Å². The summed E-state index contributed by atoms with van der Waals surface area (Å²) in [4.78, 5) is 20.8. The van der Waals surface area contributed by atoms with Crippen LogP contribution in [0.25, 0.3) is 16.7 Å². The van der Waals surface area contributed by atoms with Crippen molar-refractivity contribution in [1.29, 1.82) is 0 Å². The number of nitrogens with one attached hydrogen (secondary N) is 2. The molecule has 8 heteroatoms. The molecule has 4 aromatic rings. The summed E-state index contributed by atoms with van der Waals surface area (Å²) in [5, 5.41) is 14.8. The third kappa shape index (κ3) is 2.85. The Morgan fingerprint density at radius 1 is 1.32 bits per heavy atom. The second-order valence-electron chi connectivity index (χ2n) is 5.63. The van der Waals surface area contributed by atoms with Crippen LogP contribution in [0.15, 0.2) is 49.2 Å². The quantitative estimate of drug-likeness (QED) is 0.593. The van der Waals surface area contributed by atoms with Crippen LogP contribution in [0, 0.1) is 6.92 Å². The van der Waals surface area contributed by atoms with E-state index in [1.165, 1.54) is 6.33 Å². The summed E-state index contributed by atoms with van der Waals surface area (Å²) in [6.07, 6.45) is 4.68. The monoisotopic (exact) mass is 333 g/mol. The topological polar surface area (TPSA) is 101 Å². The Balaban J connectivity index is 1.57. The van der Waals surface area contributed by atoms with E-state index >= 15 is 0 Å². The van der Waals surface area contributed by atoms with Crippen LogP contribution < -0.4 is 5.32 Å². The number of aromatic amines is 1. The summed E-state index contributed by atoms with van der Waals surface area (Å²) in [5.41, 5.74) is 3.12. The maximum atomic E-state index is 12.6. The number of benzene rings is 1. The van der Waals surface area contributed by atoms with Gasteiger partial charge in [-0.1, -0.05) is 17.7 Å². The zero-order valence-corrected chi connectivity index (χ0v) is 13.5. The van der Waals surface area contributed by atoms with E-state index in [2.05, 4.69) is 30.6 Å². The number of fused-ring (bicyclic) bond motifs is 1. The van der Waals surface area contributed by atoms with Crippen molar-refractivity contribution < 1.29 is 4.79 Å². The Morgan fingerprint density at radius 3 is 3.08 bits per heavy atom. The maximum Gasteiger partial charge on any atom is 0.272 e. The van der Waals surface area contributed by atoms with Crippen LogP contribution in [0.3, 0.4) is 0 Å². The Morgan fingerprint density at radius 2 is 2.24 bits per heavy atom. The van der Waals surface area contributed by atoms with Crippen LogP contribution in [0.1, 0.15) is 21.6 Å². The van der Waals surface area contributed by atoms with Gasteiger partial charge in [-0.2, -0.15) is 10.2 Å². The van der Waals surface area contributed by atoms with Gasteiger partial charge in [0.1, 0.15) is 12.7 Å². The first-order valence-electron chi connectivity index (χ1n) is 7.74. The van der Waals surface area contributed by atoms with Crippen LogP contribution in [0.4, 0.5) is 0 Å². The third-order valence-electron chi connectivity index (χ3n) is 3.88. The first-order valence-corrected chi connectivity index (χ1v) is 7.74. The summed E-state index contributed by atoms with van der Waals surface area (Å²) in [7, 11) is 0. The van der Waals surface area contributed by atoms with Crippen molar-refractivity contribution in [2.75, 3.05) is 0 Å². The first-order chi connectivity index (χ1) is 12.2. The average Bonchev–Trinajstić information content (AvgIpc) is 3.29. The highest BCUT2D eigenvalue weighted by Gasteiger charge is 2.15. The fourth-order valence-corrected chi connectivity index (χ4v) is 2.65. The van der Waals surface area contributed by atoms with Crippen LogP contribution in [-0.4, -0.2) is 35.9 Å². The molecule has 124 valence electrons. The molecular formula is C17H15N7O. The van der Waals surface area contributed by atoms with Crippen LogP contribution in [0.5, 0.6) is 0 Å². The Kier molecular flexibility index (Phi) is 3.70. The van der Waals surface area contributed by atoms with Crippen molar-refractivity contribution >= 4 is 16.8 Å². The third-order valence-corrected chi connectivity index (χ3v) is 3.88. The second-order valence-corrected chi connectivity index (χ2v) is 5.63. The fraction of sp³-hybridized carbons (Fsp3) is 0.118. The minimum absolute atomic E-state index is 0.245. The van der Waals surface area contributed by atoms with Gasteiger partial charge in [-0.25, -0.2) is 14.6 Å². The van der Waals surface area contributed by atoms with Gasteiger partial charge < -0.3 is 5.32 Å². The maximum absolute atomic E-state index is 12.6. The summed E-state index contributed by atoms with van der Waals surface area (Å²) in [6, 6.07) is 9.53. The summed E-state index contributed by atoms with van der Waals surface area (Å²) < 4.78 is 1.56. The zero-order chi connectivity index (χ0) is 17.2. The molecule has 0 aliphatic heterocycles. The molecule has 2 N–H and O–H groups in total. The lowest BCUT2D eigenvalue weighted by atomic mass is 10.1. The smallest absolute Gasteiger partial charge is 0.272 e.